The lowest BCUT2D eigenvalue weighted by atomic mass is 9.91. The molecular formula is C24H33IN6S. The van der Waals surface area contributed by atoms with Gasteiger partial charge in [-0.15, -0.1) is 34.2 Å². The van der Waals surface area contributed by atoms with Gasteiger partial charge in [0.2, 0.25) is 0 Å². The third-order valence-corrected chi connectivity index (χ3v) is 5.70. The molecule has 0 saturated heterocycles. The van der Waals surface area contributed by atoms with Crippen LogP contribution in [-0.2, 0) is 13.0 Å². The third-order valence-electron chi connectivity index (χ3n) is 5.09. The first-order valence-corrected chi connectivity index (χ1v) is 12.2. The van der Waals surface area contributed by atoms with Gasteiger partial charge < -0.3 is 15.2 Å². The number of aromatic nitrogens is 3. The number of nitrogens with zero attached hydrogens (tertiary/aromatic N) is 4. The van der Waals surface area contributed by atoms with Crippen molar-refractivity contribution in [2.45, 2.75) is 25.8 Å². The molecule has 3 aromatic rings. The fraction of sp³-hybridized carbons (Fsp3) is 0.375. The van der Waals surface area contributed by atoms with E-state index in [0.29, 0.717) is 6.54 Å². The summed E-state index contributed by atoms with van der Waals surface area (Å²) in [5, 5.41) is 15.1. The number of halogens is 1. The minimum Gasteiger partial charge on any atom is -0.356 e. The Hall–Kier alpha value is -2.07. The van der Waals surface area contributed by atoms with Crippen molar-refractivity contribution < 1.29 is 0 Å². The van der Waals surface area contributed by atoms with Gasteiger partial charge in [0.1, 0.15) is 12.2 Å². The molecule has 1 heterocycles. The summed E-state index contributed by atoms with van der Waals surface area (Å²) in [6, 6.07) is 21.2. The van der Waals surface area contributed by atoms with Gasteiger partial charge >= 0.3 is 0 Å². The van der Waals surface area contributed by atoms with Gasteiger partial charge in [0, 0.05) is 37.7 Å². The van der Waals surface area contributed by atoms with Crippen LogP contribution in [0, 0.1) is 0 Å². The van der Waals surface area contributed by atoms with E-state index in [9.17, 15) is 0 Å². The maximum atomic E-state index is 4.95. The maximum absolute atomic E-state index is 4.95. The number of nitrogens with one attached hydrogen (secondary N) is 2. The molecule has 0 unspecified atom stereocenters. The van der Waals surface area contributed by atoms with Crippen LogP contribution in [0.2, 0.25) is 0 Å². The van der Waals surface area contributed by atoms with Gasteiger partial charge in [0.05, 0.1) is 6.54 Å². The molecule has 2 aromatic carbocycles. The number of guanidine groups is 1. The van der Waals surface area contributed by atoms with Crippen molar-refractivity contribution in [3.63, 3.8) is 0 Å². The molecule has 8 heteroatoms. The van der Waals surface area contributed by atoms with E-state index in [0.717, 1.165) is 43.6 Å². The summed E-state index contributed by atoms with van der Waals surface area (Å²) < 4.78 is 2.09. The Morgan fingerprint density at radius 3 is 2.22 bits per heavy atom. The Morgan fingerprint density at radius 2 is 1.62 bits per heavy atom. The molecule has 0 radical (unpaired) electrons. The van der Waals surface area contributed by atoms with Crippen LogP contribution in [0.3, 0.4) is 0 Å². The number of thioether (sulfide) groups is 1. The monoisotopic (exact) mass is 564 g/mol. The summed E-state index contributed by atoms with van der Waals surface area (Å²) in [7, 11) is 0. The fourth-order valence-electron chi connectivity index (χ4n) is 3.44. The van der Waals surface area contributed by atoms with Gasteiger partial charge in [-0.3, -0.25) is 4.99 Å². The lowest BCUT2D eigenvalue weighted by Gasteiger charge is -2.18. The van der Waals surface area contributed by atoms with E-state index in [1.54, 1.807) is 6.33 Å². The van der Waals surface area contributed by atoms with Crippen LogP contribution in [0.25, 0.3) is 0 Å². The smallest absolute Gasteiger partial charge is 0.191 e. The Labute approximate surface area is 212 Å². The van der Waals surface area contributed by atoms with Crippen LogP contribution in [0.4, 0.5) is 0 Å². The first kappa shape index (κ1) is 26.2. The van der Waals surface area contributed by atoms with E-state index in [1.807, 2.05) is 11.8 Å². The number of benzene rings is 2. The Balaban J connectivity index is 0.00000363. The largest absolute Gasteiger partial charge is 0.356 e. The highest BCUT2D eigenvalue weighted by Crippen LogP contribution is 2.24. The number of hydrogen-bond acceptors (Lipinski definition) is 4. The average molecular weight is 565 g/mol. The van der Waals surface area contributed by atoms with Crippen LogP contribution in [0.1, 0.15) is 29.8 Å². The summed E-state index contributed by atoms with van der Waals surface area (Å²) in [6.45, 7) is 5.21. The van der Waals surface area contributed by atoms with E-state index in [1.165, 1.54) is 11.1 Å². The number of hydrogen-bond donors (Lipinski definition) is 2. The topological polar surface area (TPSA) is 67.1 Å². The second-order valence-electron chi connectivity index (χ2n) is 7.20. The number of aryl methyl sites for hydroxylation is 1. The molecule has 172 valence electrons. The van der Waals surface area contributed by atoms with Gasteiger partial charge in [0.25, 0.3) is 0 Å². The highest BCUT2D eigenvalue weighted by molar-refractivity contribution is 14.0. The average Bonchev–Trinajstić information content (AvgIpc) is 3.28. The zero-order chi connectivity index (χ0) is 21.7. The first-order chi connectivity index (χ1) is 15.3. The number of aliphatic imine (C=N–C) groups is 1. The molecule has 2 N–H and O–H groups in total. The van der Waals surface area contributed by atoms with Crippen LogP contribution >= 0.6 is 35.7 Å². The van der Waals surface area contributed by atoms with E-state index in [4.69, 9.17) is 4.99 Å². The zero-order valence-electron chi connectivity index (χ0n) is 18.8. The SMILES string of the molecule is CCc1nncn1CCNC(=NCC(c1ccccc1)c1ccccc1)NCCSC.I. The predicted molar refractivity (Wildman–Crippen MR) is 146 cm³/mol. The summed E-state index contributed by atoms with van der Waals surface area (Å²) in [4.78, 5) is 4.95. The van der Waals surface area contributed by atoms with Crippen molar-refractivity contribution in [1.29, 1.82) is 0 Å². The molecule has 0 atom stereocenters. The van der Waals surface area contributed by atoms with Crippen LogP contribution in [0.15, 0.2) is 72.0 Å². The van der Waals surface area contributed by atoms with Gasteiger partial charge in [-0.2, -0.15) is 11.8 Å². The van der Waals surface area contributed by atoms with E-state index >= 15 is 0 Å². The Kier molecular flexibility index (Phi) is 12.2. The van der Waals surface area contributed by atoms with Gasteiger partial charge in [0.15, 0.2) is 5.96 Å². The molecule has 3 rings (SSSR count). The molecule has 1 aromatic heterocycles. The highest BCUT2D eigenvalue weighted by Gasteiger charge is 2.14. The predicted octanol–water partition coefficient (Wildman–Crippen LogP) is 4.19. The van der Waals surface area contributed by atoms with Crippen LogP contribution in [-0.4, -0.2) is 52.4 Å². The minimum atomic E-state index is 0. The fourth-order valence-corrected chi connectivity index (χ4v) is 3.74. The Morgan fingerprint density at radius 1 is 1.00 bits per heavy atom. The normalized spacial score (nSPS) is 11.3. The first-order valence-electron chi connectivity index (χ1n) is 10.8. The lowest BCUT2D eigenvalue weighted by Crippen LogP contribution is -2.40. The molecule has 0 saturated carbocycles. The van der Waals surface area contributed by atoms with E-state index in [2.05, 4.69) is 99.2 Å². The molecule has 0 bridgehead atoms. The molecule has 0 aliphatic rings. The van der Waals surface area contributed by atoms with Crippen LogP contribution < -0.4 is 10.6 Å². The van der Waals surface area contributed by atoms with Crippen molar-refractivity contribution in [3.05, 3.63) is 83.9 Å². The maximum Gasteiger partial charge on any atom is 0.191 e. The molecule has 32 heavy (non-hydrogen) atoms. The van der Waals surface area contributed by atoms with Gasteiger partial charge in [-0.25, -0.2) is 0 Å². The zero-order valence-corrected chi connectivity index (χ0v) is 21.9. The van der Waals surface area contributed by atoms with Crippen molar-refractivity contribution in [2.75, 3.05) is 31.6 Å². The summed E-state index contributed by atoms with van der Waals surface area (Å²) >= 11 is 1.82. The lowest BCUT2D eigenvalue weighted by molar-refractivity contribution is 0.632. The summed E-state index contributed by atoms with van der Waals surface area (Å²) in [5.41, 5.74) is 2.55. The van der Waals surface area contributed by atoms with E-state index < -0.39 is 0 Å². The Bertz CT molecular complexity index is 877. The van der Waals surface area contributed by atoms with Gasteiger partial charge in [-0.1, -0.05) is 67.6 Å². The molecule has 0 aliphatic heterocycles. The summed E-state index contributed by atoms with van der Waals surface area (Å²) in [5.74, 6) is 3.10. The molecule has 0 spiro atoms. The minimum absolute atomic E-state index is 0. The second kappa shape index (κ2) is 14.9. The third kappa shape index (κ3) is 8.12. The molecule has 0 aliphatic carbocycles. The molecule has 0 amide bonds. The van der Waals surface area contributed by atoms with E-state index in [-0.39, 0.29) is 29.9 Å². The summed E-state index contributed by atoms with van der Waals surface area (Å²) in [6.07, 6.45) is 4.78. The molecular weight excluding hydrogens is 531 g/mol. The molecule has 6 nitrogen and oxygen atoms in total. The highest BCUT2D eigenvalue weighted by atomic mass is 127. The standard InChI is InChI=1S/C24H32N6S.HI/c1-3-23-29-28-19-30(23)16-14-25-24(26-15-17-31-2)27-18-22(20-10-6-4-7-11-20)21-12-8-5-9-13-21;/h4-13,19,22H,3,14-18H2,1-2H3,(H2,25,26,27);1H. The second-order valence-corrected chi connectivity index (χ2v) is 8.19. The quantitative estimate of drug-likeness (QED) is 0.158. The van der Waals surface area contributed by atoms with Crippen LogP contribution in [0.5, 0.6) is 0 Å². The van der Waals surface area contributed by atoms with Gasteiger partial charge in [-0.05, 0) is 17.4 Å². The van der Waals surface area contributed by atoms with Crippen molar-refractivity contribution >= 4 is 41.7 Å². The number of rotatable bonds is 11. The van der Waals surface area contributed by atoms with Crippen molar-refractivity contribution in [3.8, 4) is 0 Å². The van der Waals surface area contributed by atoms with Crippen molar-refractivity contribution in [1.82, 2.24) is 25.4 Å². The molecule has 0 fully saturated rings. The van der Waals surface area contributed by atoms with Crippen molar-refractivity contribution in [2.24, 2.45) is 4.99 Å².